The Morgan fingerprint density at radius 2 is 1.63 bits per heavy atom. The van der Waals surface area contributed by atoms with Crippen LogP contribution in [-0.4, -0.2) is 40.1 Å². The van der Waals surface area contributed by atoms with Gasteiger partial charge in [0.25, 0.3) is 0 Å². The zero-order chi connectivity index (χ0) is 21.3. The average Bonchev–Trinajstić information content (AvgIpc) is 3.26. The second-order valence-corrected chi connectivity index (χ2v) is 7.03. The summed E-state index contributed by atoms with van der Waals surface area (Å²) in [4.78, 5) is 50.9. The molecule has 0 radical (unpaired) electrons. The molecule has 3 aromatic rings. The first kappa shape index (κ1) is 19.4. The Hall–Kier alpha value is -3.94. The van der Waals surface area contributed by atoms with Gasteiger partial charge in [0.2, 0.25) is 5.91 Å². The van der Waals surface area contributed by atoms with Crippen molar-refractivity contribution in [3.05, 3.63) is 72.0 Å². The molecule has 1 aliphatic heterocycles. The van der Waals surface area contributed by atoms with Gasteiger partial charge in [-0.25, -0.2) is 9.69 Å². The minimum atomic E-state index is -1.01. The Balaban J connectivity index is 1.41. The number of imide groups is 2. The summed E-state index contributed by atoms with van der Waals surface area (Å²) in [5, 5.41) is 3.60. The molecular formula is C22H19N3O5. The van der Waals surface area contributed by atoms with Gasteiger partial charge in [-0.2, -0.15) is 0 Å². The van der Waals surface area contributed by atoms with E-state index < -0.39 is 36.3 Å². The Labute approximate surface area is 172 Å². The van der Waals surface area contributed by atoms with E-state index >= 15 is 0 Å². The number of nitrogens with one attached hydrogen (secondary N) is 1. The highest BCUT2D eigenvalue weighted by Gasteiger charge is 2.45. The lowest BCUT2D eigenvalue weighted by Crippen LogP contribution is -2.42. The molecule has 1 fully saturated rings. The summed E-state index contributed by atoms with van der Waals surface area (Å²) in [5.41, 5.74) is 1.40. The van der Waals surface area contributed by atoms with E-state index in [1.165, 1.54) is 0 Å². The highest BCUT2D eigenvalue weighted by atomic mass is 16.3. The molecule has 1 N–H and O–H groups in total. The molecule has 30 heavy (non-hydrogen) atoms. The number of benzene rings is 2. The monoisotopic (exact) mass is 405 g/mol. The first-order valence-electron chi connectivity index (χ1n) is 9.43. The lowest BCUT2D eigenvalue weighted by Gasteiger charge is -2.17. The van der Waals surface area contributed by atoms with Crippen molar-refractivity contribution in [3.8, 4) is 0 Å². The average molecular weight is 405 g/mol. The van der Waals surface area contributed by atoms with Crippen LogP contribution in [0.2, 0.25) is 0 Å². The summed E-state index contributed by atoms with van der Waals surface area (Å²) in [7, 11) is 0. The van der Waals surface area contributed by atoms with Crippen molar-refractivity contribution in [2.24, 2.45) is 0 Å². The second kappa shape index (κ2) is 7.82. The number of furan rings is 1. The molecule has 2 aromatic carbocycles. The molecular weight excluding hydrogens is 386 g/mol. The van der Waals surface area contributed by atoms with Crippen molar-refractivity contribution < 1.29 is 23.6 Å². The van der Waals surface area contributed by atoms with Crippen LogP contribution in [0.4, 0.5) is 4.79 Å². The van der Waals surface area contributed by atoms with E-state index in [0.29, 0.717) is 21.8 Å². The molecule has 1 aromatic heterocycles. The van der Waals surface area contributed by atoms with Crippen molar-refractivity contribution in [3.63, 3.8) is 0 Å². The number of rotatable bonds is 6. The summed E-state index contributed by atoms with van der Waals surface area (Å²) < 4.78 is 5.72. The fraction of sp³-hybridized carbons (Fsp3) is 0.182. The van der Waals surface area contributed by atoms with E-state index in [9.17, 15) is 19.2 Å². The number of fused-ring (bicyclic) bond motifs is 1. The molecule has 1 saturated heterocycles. The maximum Gasteiger partial charge on any atom is 0.335 e. The van der Waals surface area contributed by atoms with E-state index in [4.69, 9.17) is 4.42 Å². The first-order valence-corrected chi connectivity index (χ1v) is 9.43. The standard InChI is InChI=1S/C22H19N3O5/c1-14(18-11-16-9-5-6-10-17(16)30-18)23-19(26)13-25-21(28)20(27)24(22(25)29)12-15-7-3-2-4-8-15/h2-11,14H,12-13H2,1H3,(H,23,26)/t14-/m1/s1. The fourth-order valence-electron chi connectivity index (χ4n) is 3.31. The number of urea groups is 1. The van der Waals surface area contributed by atoms with Crippen molar-refractivity contribution in [1.29, 1.82) is 0 Å². The fourth-order valence-corrected chi connectivity index (χ4v) is 3.31. The van der Waals surface area contributed by atoms with Gasteiger partial charge in [0, 0.05) is 5.39 Å². The molecule has 8 nitrogen and oxygen atoms in total. The van der Waals surface area contributed by atoms with Crippen LogP contribution in [0, 0.1) is 0 Å². The largest absolute Gasteiger partial charge is 0.459 e. The third kappa shape index (κ3) is 3.67. The molecule has 1 atom stereocenters. The lowest BCUT2D eigenvalue weighted by atomic mass is 10.2. The Bertz CT molecular complexity index is 1100. The highest BCUT2D eigenvalue weighted by molar-refractivity contribution is 6.44. The van der Waals surface area contributed by atoms with Crippen LogP contribution in [-0.2, 0) is 20.9 Å². The minimum Gasteiger partial charge on any atom is -0.459 e. The van der Waals surface area contributed by atoms with E-state index in [2.05, 4.69) is 5.32 Å². The van der Waals surface area contributed by atoms with Crippen molar-refractivity contribution in [2.45, 2.75) is 19.5 Å². The quantitative estimate of drug-likeness (QED) is 0.502. The van der Waals surface area contributed by atoms with Gasteiger partial charge < -0.3 is 9.73 Å². The maximum absolute atomic E-state index is 12.6. The number of hydrogen-bond donors (Lipinski definition) is 1. The van der Waals surface area contributed by atoms with Crippen molar-refractivity contribution in [2.75, 3.05) is 6.54 Å². The number of carbonyl (C=O) groups is 4. The molecule has 0 saturated carbocycles. The second-order valence-electron chi connectivity index (χ2n) is 7.03. The summed E-state index contributed by atoms with van der Waals surface area (Å²) in [6, 6.07) is 16.8. The van der Waals surface area contributed by atoms with Crippen LogP contribution in [0.3, 0.4) is 0 Å². The third-order valence-corrected chi connectivity index (χ3v) is 4.87. The van der Waals surface area contributed by atoms with E-state index in [-0.39, 0.29) is 6.54 Å². The summed E-state index contributed by atoms with van der Waals surface area (Å²) >= 11 is 0. The molecule has 8 heteroatoms. The molecule has 0 spiro atoms. The van der Waals surface area contributed by atoms with Gasteiger partial charge >= 0.3 is 17.8 Å². The number of amides is 5. The van der Waals surface area contributed by atoms with Crippen LogP contribution < -0.4 is 5.32 Å². The molecule has 2 heterocycles. The predicted molar refractivity (Wildman–Crippen MR) is 107 cm³/mol. The molecule has 4 rings (SSSR count). The number of nitrogens with zero attached hydrogens (tertiary/aromatic N) is 2. The normalized spacial score (nSPS) is 15.2. The SMILES string of the molecule is C[C@@H](NC(=O)CN1C(=O)C(=O)N(Cc2ccccc2)C1=O)c1cc2ccccc2o1. The summed E-state index contributed by atoms with van der Waals surface area (Å²) in [6.07, 6.45) is 0. The Morgan fingerprint density at radius 3 is 2.37 bits per heavy atom. The maximum atomic E-state index is 12.6. The first-order chi connectivity index (χ1) is 14.4. The lowest BCUT2D eigenvalue weighted by molar-refractivity contribution is -0.144. The molecule has 5 amide bonds. The molecule has 0 bridgehead atoms. The van der Waals surface area contributed by atoms with Crippen LogP contribution >= 0.6 is 0 Å². The van der Waals surface area contributed by atoms with Crippen LogP contribution in [0.1, 0.15) is 24.3 Å². The van der Waals surface area contributed by atoms with Gasteiger partial charge in [0.05, 0.1) is 12.6 Å². The van der Waals surface area contributed by atoms with Gasteiger partial charge in [-0.1, -0.05) is 48.5 Å². The van der Waals surface area contributed by atoms with Gasteiger partial charge in [0.1, 0.15) is 17.9 Å². The predicted octanol–water partition coefficient (Wildman–Crippen LogP) is 2.60. The molecule has 152 valence electrons. The van der Waals surface area contributed by atoms with Gasteiger partial charge in [-0.3, -0.25) is 19.3 Å². The molecule has 0 unspecified atom stereocenters. The van der Waals surface area contributed by atoms with Gasteiger partial charge in [-0.15, -0.1) is 0 Å². The Kier molecular flexibility index (Phi) is 5.05. The Morgan fingerprint density at radius 1 is 0.967 bits per heavy atom. The topological polar surface area (TPSA) is 99.9 Å². The van der Waals surface area contributed by atoms with E-state index in [1.807, 2.05) is 36.4 Å². The van der Waals surface area contributed by atoms with Crippen LogP contribution in [0.5, 0.6) is 0 Å². The van der Waals surface area contributed by atoms with Gasteiger partial charge in [0.15, 0.2) is 0 Å². The van der Waals surface area contributed by atoms with Crippen molar-refractivity contribution in [1.82, 2.24) is 15.1 Å². The van der Waals surface area contributed by atoms with Crippen LogP contribution in [0.25, 0.3) is 11.0 Å². The molecule has 0 aliphatic carbocycles. The molecule has 1 aliphatic rings. The number of para-hydroxylation sites is 1. The van der Waals surface area contributed by atoms with E-state index in [0.717, 1.165) is 10.3 Å². The zero-order valence-corrected chi connectivity index (χ0v) is 16.2. The minimum absolute atomic E-state index is 0.0300. The number of carbonyl (C=O) groups excluding carboxylic acids is 4. The summed E-state index contributed by atoms with van der Waals surface area (Å²) in [6.45, 7) is 1.16. The summed E-state index contributed by atoms with van der Waals surface area (Å²) in [5.74, 6) is -1.98. The van der Waals surface area contributed by atoms with Crippen molar-refractivity contribution >= 4 is 34.7 Å². The number of hydrogen-bond acceptors (Lipinski definition) is 5. The zero-order valence-electron chi connectivity index (χ0n) is 16.2. The van der Waals surface area contributed by atoms with Crippen LogP contribution in [0.15, 0.2) is 65.1 Å². The smallest absolute Gasteiger partial charge is 0.335 e. The highest BCUT2D eigenvalue weighted by Crippen LogP contribution is 2.23. The van der Waals surface area contributed by atoms with E-state index in [1.54, 1.807) is 31.2 Å². The van der Waals surface area contributed by atoms with Gasteiger partial charge in [-0.05, 0) is 24.6 Å². The third-order valence-electron chi connectivity index (χ3n) is 4.87.